The van der Waals surface area contributed by atoms with E-state index in [1.807, 2.05) is 11.8 Å². The zero-order valence-corrected chi connectivity index (χ0v) is 10.5. The fraction of sp³-hybridized carbons (Fsp3) is 0.417. The summed E-state index contributed by atoms with van der Waals surface area (Å²) in [6, 6.07) is 5.17. The number of benzene rings is 1. The Labute approximate surface area is 104 Å². The van der Waals surface area contributed by atoms with Crippen molar-refractivity contribution in [2.75, 3.05) is 25.2 Å². The summed E-state index contributed by atoms with van der Waals surface area (Å²) in [5, 5.41) is 0. The van der Waals surface area contributed by atoms with Gasteiger partial charge in [0, 0.05) is 17.1 Å². The molecule has 0 amide bonds. The fourth-order valence-corrected chi connectivity index (χ4v) is 2.08. The van der Waals surface area contributed by atoms with E-state index in [1.165, 1.54) is 0 Å². The van der Waals surface area contributed by atoms with E-state index in [1.54, 1.807) is 25.3 Å². The Morgan fingerprint density at radius 3 is 2.76 bits per heavy atom. The molecule has 0 atom stereocenters. The molecule has 1 heterocycles. The highest BCUT2D eigenvalue weighted by Gasteiger charge is 2.21. The quantitative estimate of drug-likeness (QED) is 0.802. The van der Waals surface area contributed by atoms with Crippen molar-refractivity contribution >= 4 is 17.5 Å². The van der Waals surface area contributed by atoms with Crippen molar-refractivity contribution in [1.29, 1.82) is 0 Å². The highest BCUT2D eigenvalue weighted by molar-refractivity contribution is 8.00. The van der Waals surface area contributed by atoms with Crippen LogP contribution in [0.2, 0.25) is 0 Å². The molecule has 2 rings (SSSR count). The van der Waals surface area contributed by atoms with Crippen LogP contribution >= 0.6 is 11.8 Å². The number of hydrogen-bond donors (Lipinski definition) is 1. The number of Topliss-reactive ketones (excluding diaryl/α,β-unsaturated/α-hetero) is 1. The van der Waals surface area contributed by atoms with Crippen LogP contribution in [0.1, 0.15) is 10.4 Å². The van der Waals surface area contributed by atoms with Gasteiger partial charge in [-0.1, -0.05) is 0 Å². The molecule has 0 radical (unpaired) electrons. The van der Waals surface area contributed by atoms with Gasteiger partial charge in [0.1, 0.15) is 6.10 Å². The highest BCUT2D eigenvalue weighted by atomic mass is 32.2. The molecule has 0 saturated carbocycles. The third-order valence-corrected chi connectivity index (χ3v) is 3.79. The number of ketones is 1. The predicted octanol–water partition coefficient (Wildman–Crippen LogP) is 1.33. The molecular weight excluding hydrogens is 238 g/mol. The van der Waals surface area contributed by atoms with Crippen molar-refractivity contribution in [2.24, 2.45) is 5.73 Å². The van der Waals surface area contributed by atoms with Gasteiger partial charge in [-0.15, -0.1) is 0 Å². The lowest BCUT2D eigenvalue weighted by Gasteiger charge is -2.26. The summed E-state index contributed by atoms with van der Waals surface area (Å²) >= 11 is 1.85. The topological polar surface area (TPSA) is 61.5 Å². The summed E-state index contributed by atoms with van der Waals surface area (Å²) in [6.45, 7) is 0.00260. The predicted molar refractivity (Wildman–Crippen MR) is 68.1 cm³/mol. The molecular formula is C12H15NO3S. The molecule has 0 spiro atoms. The second kappa shape index (κ2) is 5.42. The standard InChI is InChI=1S/C12H15NO3S/c1-15-12-4-8(10(14)5-13)2-3-11(12)16-9-6-17-7-9/h2-4,9H,5-7,13H2,1H3. The molecule has 1 saturated heterocycles. The van der Waals surface area contributed by atoms with E-state index in [9.17, 15) is 4.79 Å². The Morgan fingerprint density at radius 2 is 2.24 bits per heavy atom. The lowest BCUT2D eigenvalue weighted by Crippen LogP contribution is -2.31. The molecule has 2 N–H and O–H groups in total. The maximum absolute atomic E-state index is 11.5. The van der Waals surface area contributed by atoms with Gasteiger partial charge in [-0.05, 0) is 18.2 Å². The van der Waals surface area contributed by atoms with E-state index in [4.69, 9.17) is 15.2 Å². The minimum atomic E-state index is -0.103. The SMILES string of the molecule is COc1cc(C(=O)CN)ccc1OC1CSC1. The Morgan fingerprint density at radius 1 is 1.47 bits per heavy atom. The van der Waals surface area contributed by atoms with E-state index in [0.717, 1.165) is 11.5 Å². The van der Waals surface area contributed by atoms with Crippen LogP contribution in [-0.4, -0.2) is 37.0 Å². The summed E-state index contributed by atoms with van der Waals surface area (Å²) in [4.78, 5) is 11.5. The number of carbonyl (C=O) groups is 1. The van der Waals surface area contributed by atoms with Gasteiger partial charge in [0.05, 0.1) is 13.7 Å². The summed E-state index contributed by atoms with van der Waals surface area (Å²) in [7, 11) is 1.56. The smallest absolute Gasteiger partial charge is 0.176 e. The van der Waals surface area contributed by atoms with Crippen LogP contribution in [0.25, 0.3) is 0 Å². The normalized spacial score (nSPS) is 15.2. The molecule has 17 heavy (non-hydrogen) atoms. The van der Waals surface area contributed by atoms with Crippen molar-refractivity contribution in [3.05, 3.63) is 23.8 Å². The first kappa shape index (κ1) is 12.3. The van der Waals surface area contributed by atoms with Crippen molar-refractivity contribution < 1.29 is 14.3 Å². The number of nitrogens with two attached hydrogens (primary N) is 1. The fourth-order valence-electron chi connectivity index (χ4n) is 1.52. The third kappa shape index (κ3) is 2.73. The van der Waals surface area contributed by atoms with Crippen LogP contribution < -0.4 is 15.2 Å². The zero-order valence-electron chi connectivity index (χ0n) is 9.64. The minimum absolute atomic E-state index is 0.00260. The third-order valence-electron chi connectivity index (χ3n) is 2.57. The van der Waals surface area contributed by atoms with Gasteiger partial charge in [0.2, 0.25) is 0 Å². The first-order valence-electron chi connectivity index (χ1n) is 5.40. The number of thioether (sulfide) groups is 1. The Balaban J connectivity index is 2.18. The molecule has 0 aromatic heterocycles. The molecule has 92 valence electrons. The lowest BCUT2D eigenvalue weighted by atomic mass is 10.1. The molecule has 0 bridgehead atoms. The Bertz CT molecular complexity index is 418. The molecule has 1 aliphatic rings. The molecule has 0 unspecified atom stereocenters. The molecule has 5 heteroatoms. The van der Waals surface area contributed by atoms with Gasteiger partial charge in [-0.25, -0.2) is 0 Å². The van der Waals surface area contributed by atoms with Crippen molar-refractivity contribution in [2.45, 2.75) is 6.10 Å². The highest BCUT2D eigenvalue weighted by Crippen LogP contribution is 2.32. The maximum atomic E-state index is 11.5. The maximum Gasteiger partial charge on any atom is 0.176 e. The average molecular weight is 253 g/mol. The minimum Gasteiger partial charge on any atom is -0.493 e. The first-order chi connectivity index (χ1) is 8.24. The molecule has 1 aliphatic heterocycles. The Kier molecular flexibility index (Phi) is 3.91. The van der Waals surface area contributed by atoms with E-state index >= 15 is 0 Å². The van der Waals surface area contributed by atoms with Gasteiger partial charge in [0.25, 0.3) is 0 Å². The number of hydrogen-bond acceptors (Lipinski definition) is 5. The van der Waals surface area contributed by atoms with Crippen LogP contribution in [0.3, 0.4) is 0 Å². The van der Waals surface area contributed by atoms with Crippen molar-refractivity contribution in [3.63, 3.8) is 0 Å². The molecule has 0 aliphatic carbocycles. The van der Waals surface area contributed by atoms with E-state index in [2.05, 4.69) is 0 Å². The zero-order chi connectivity index (χ0) is 12.3. The lowest BCUT2D eigenvalue weighted by molar-refractivity contribution is 0.100. The second-order valence-corrected chi connectivity index (χ2v) is 4.85. The summed E-state index contributed by atoms with van der Waals surface area (Å²) in [5.74, 6) is 3.18. The monoisotopic (exact) mass is 253 g/mol. The van der Waals surface area contributed by atoms with Gasteiger partial charge in [-0.2, -0.15) is 11.8 Å². The average Bonchev–Trinajstić information content (AvgIpc) is 2.32. The van der Waals surface area contributed by atoms with Crippen LogP contribution in [0.15, 0.2) is 18.2 Å². The van der Waals surface area contributed by atoms with Gasteiger partial charge < -0.3 is 15.2 Å². The largest absolute Gasteiger partial charge is 0.493 e. The van der Waals surface area contributed by atoms with Gasteiger partial charge >= 0.3 is 0 Å². The first-order valence-corrected chi connectivity index (χ1v) is 6.55. The van der Waals surface area contributed by atoms with Crippen LogP contribution in [-0.2, 0) is 0 Å². The van der Waals surface area contributed by atoms with E-state index in [-0.39, 0.29) is 18.4 Å². The summed E-state index contributed by atoms with van der Waals surface area (Å²) < 4.78 is 11.0. The second-order valence-electron chi connectivity index (χ2n) is 3.77. The molecule has 1 aromatic rings. The van der Waals surface area contributed by atoms with E-state index < -0.39 is 0 Å². The van der Waals surface area contributed by atoms with Crippen molar-refractivity contribution in [1.82, 2.24) is 0 Å². The summed E-state index contributed by atoms with van der Waals surface area (Å²) in [6.07, 6.45) is 0.255. The Hall–Kier alpha value is -1.20. The van der Waals surface area contributed by atoms with Crippen LogP contribution in [0, 0.1) is 0 Å². The van der Waals surface area contributed by atoms with E-state index in [0.29, 0.717) is 17.1 Å². The van der Waals surface area contributed by atoms with Crippen LogP contribution in [0.4, 0.5) is 0 Å². The van der Waals surface area contributed by atoms with Crippen LogP contribution in [0.5, 0.6) is 11.5 Å². The number of methoxy groups -OCH3 is 1. The number of ether oxygens (including phenoxy) is 2. The molecule has 1 fully saturated rings. The van der Waals surface area contributed by atoms with Gasteiger partial charge in [0.15, 0.2) is 17.3 Å². The number of rotatable bonds is 5. The molecule has 4 nitrogen and oxygen atoms in total. The summed E-state index contributed by atoms with van der Waals surface area (Å²) in [5.41, 5.74) is 5.88. The molecule has 1 aromatic carbocycles. The van der Waals surface area contributed by atoms with Crippen molar-refractivity contribution in [3.8, 4) is 11.5 Å². The number of carbonyl (C=O) groups excluding carboxylic acids is 1. The van der Waals surface area contributed by atoms with Gasteiger partial charge in [-0.3, -0.25) is 4.79 Å².